The van der Waals surface area contributed by atoms with Gasteiger partial charge in [-0.3, -0.25) is 14.5 Å². The average Bonchev–Trinajstić information content (AvgIpc) is 3.16. The first kappa shape index (κ1) is 21.6. The van der Waals surface area contributed by atoms with Crippen LogP contribution in [-0.4, -0.2) is 48.9 Å². The molecule has 3 rings (SSSR count). The highest BCUT2D eigenvalue weighted by atomic mass is 35.5. The number of carbonyl (C=O) groups excluding carboxylic acids is 2. The monoisotopic (exact) mass is 398 g/mol. The molecule has 27 heavy (non-hydrogen) atoms. The maximum absolute atomic E-state index is 13.2. The molecular weight excluding hydrogens is 371 g/mol. The van der Waals surface area contributed by atoms with Crippen molar-refractivity contribution in [2.75, 3.05) is 26.2 Å². The SMILES string of the molecule is Cl.NC(=O)C(c1ccc(F)cc1)N1CCCC(CNC(=O)C2CCCN2)C1. The Bertz CT molecular complexity index is 637. The lowest BCUT2D eigenvalue weighted by molar-refractivity contribution is -0.125. The molecule has 0 bridgehead atoms. The summed E-state index contributed by atoms with van der Waals surface area (Å²) >= 11 is 0. The van der Waals surface area contributed by atoms with Gasteiger partial charge in [-0.2, -0.15) is 0 Å². The Morgan fingerprint density at radius 3 is 2.63 bits per heavy atom. The summed E-state index contributed by atoms with van der Waals surface area (Å²) in [5, 5.41) is 6.23. The smallest absolute Gasteiger partial charge is 0.239 e. The number of nitrogens with zero attached hydrogens (tertiary/aromatic N) is 1. The number of halogens is 2. The van der Waals surface area contributed by atoms with Crippen LogP contribution in [0.4, 0.5) is 4.39 Å². The molecule has 0 saturated carbocycles. The second-order valence-electron chi connectivity index (χ2n) is 7.25. The number of hydrogen-bond donors (Lipinski definition) is 3. The van der Waals surface area contributed by atoms with E-state index in [-0.39, 0.29) is 36.1 Å². The number of piperidine rings is 1. The molecule has 0 radical (unpaired) electrons. The topological polar surface area (TPSA) is 87.5 Å². The van der Waals surface area contributed by atoms with Crippen molar-refractivity contribution >= 4 is 24.2 Å². The van der Waals surface area contributed by atoms with E-state index < -0.39 is 11.9 Å². The van der Waals surface area contributed by atoms with Crippen LogP contribution in [0.2, 0.25) is 0 Å². The van der Waals surface area contributed by atoms with Gasteiger partial charge in [-0.1, -0.05) is 12.1 Å². The van der Waals surface area contributed by atoms with E-state index in [1.807, 2.05) is 4.90 Å². The molecule has 2 amide bonds. The molecule has 3 unspecified atom stereocenters. The molecule has 8 heteroatoms. The first-order valence-corrected chi connectivity index (χ1v) is 9.34. The number of primary amides is 1. The van der Waals surface area contributed by atoms with Crippen LogP contribution in [0.3, 0.4) is 0 Å². The van der Waals surface area contributed by atoms with Gasteiger partial charge in [0.25, 0.3) is 0 Å². The third-order valence-corrected chi connectivity index (χ3v) is 5.31. The molecular formula is C19H28ClFN4O2. The number of amides is 2. The first-order chi connectivity index (χ1) is 12.5. The minimum Gasteiger partial charge on any atom is -0.368 e. The molecule has 1 aromatic carbocycles. The molecule has 2 aliphatic heterocycles. The van der Waals surface area contributed by atoms with Gasteiger partial charge in [0.1, 0.15) is 11.9 Å². The summed E-state index contributed by atoms with van der Waals surface area (Å²) < 4.78 is 13.2. The van der Waals surface area contributed by atoms with Crippen LogP contribution in [0.1, 0.15) is 37.3 Å². The minimum atomic E-state index is -0.564. The molecule has 2 aliphatic rings. The van der Waals surface area contributed by atoms with Gasteiger partial charge in [-0.25, -0.2) is 4.39 Å². The minimum absolute atomic E-state index is 0. The fraction of sp³-hybridized carbons (Fsp3) is 0.579. The number of rotatable bonds is 6. The average molecular weight is 399 g/mol. The van der Waals surface area contributed by atoms with Crippen LogP contribution in [-0.2, 0) is 9.59 Å². The van der Waals surface area contributed by atoms with Crippen LogP contribution in [0.25, 0.3) is 0 Å². The highest BCUT2D eigenvalue weighted by molar-refractivity contribution is 5.85. The molecule has 4 N–H and O–H groups in total. The maximum Gasteiger partial charge on any atom is 0.239 e. The summed E-state index contributed by atoms with van der Waals surface area (Å²) in [5.41, 5.74) is 6.34. The van der Waals surface area contributed by atoms with Crippen molar-refractivity contribution in [3.63, 3.8) is 0 Å². The van der Waals surface area contributed by atoms with Gasteiger partial charge in [0.2, 0.25) is 11.8 Å². The number of hydrogen-bond acceptors (Lipinski definition) is 4. The molecule has 2 heterocycles. The maximum atomic E-state index is 13.2. The Morgan fingerprint density at radius 1 is 1.26 bits per heavy atom. The molecule has 3 atom stereocenters. The Balaban J connectivity index is 0.00000261. The highest BCUT2D eigenvalue weighted by Gasteiger charge is 2.31. The molecule has 1 aromatic rings. The van der Waals surface area contributed by atoms with Crippen molar-refractivity contribution in [2.24, 2.45) is 11.7 Å². The first-order valence-electron chi connectivity index (χ1n) is 9.34. The number of nitrogens with one attached hydrogen (secondary N) is 2. The van der Waals surface area contributed by atoms with Crippen LogP contribution >= 0.6 is 12.4 Å². The summed E-state index contributed by atoms with van der Waals surface area (Å²) in [6.07, 6.45) is 3.86. The summed E-state index contributed by atoms with van der Waals surface area (Å²) in [6, 6.07) is 5.28. The van der Waals surface area contributed by atoms with Gasteiger partial charge in [0, 0.05) is 13.1 Å². The van der Waals surface area contributed by atoms with E-state index in [1.54, 1.807) is 12.1 Å². The number of benzene rings is 1. The fourth-order valence-corrected chi connectivity index (χ4v) is 3.97. The highest BCUT2D eigenvalue weighted by Crippen LogP contribution is 2.27. The number of likely N-dealkylation sites (tertiary alicyclic amines) is 1. The van der Waals surface area contributed by atoms with Gasteiger partial charge >= 0.3 is 0 Å². The predicted octanol–water partition coefficient (Wildman–Crippen LogP) is 1.35. The van der Waals surface area contributed by atoms with E-state index in [9.17, 15) is 14.0 Å². The summed E-state index contributed by atoms with van der Waals surface area (Å²) in [5.74, 6) is -0.436. The fourth-order valence-electron chi connectivity index (χ4n) is 3.97. The lowest BCUT2D eigenvalue weighted by Gasteiger charge is -2.37. The van der Waals surface area contributed by atoms with Gasteiger partial charge in [-0.15, -0.1) is 12.4 Å². The summed E-state index contributed by atoms with van der Waals surface area (Å²) in [4.78, 5) is 26.3. The zero-order valence-corrected chi connectivity index (χ0v) is 16.1. The number of nitrogens with two attached hydrogens (primary N) is 1. The Hall–Kier alpha value is -1.70. The quantitative estimate of drug-likeness (QED) is 0.675. The van der Waals surface area contributed by atoms with Gasteiger partial charge < -0.3 is 16.4 Å². The largest absolute Gasteiger partial charge is 0.368 e. The van der Waals surface area contributed by atoms with E-state index in [1.165, 1.54) is 12.1 Å². The predicted molar refractivity (Wildman–Crippen MR) is 104 cm³/mol. The van der Waals surface area contributed by atoms with Gasteiger partial charge in [0.15, 0.2) is 0 Å². The lowest BCUT2D eigenvalue weighted by atomic mass is 9.94. The van der Waals surface area contributed by atoms with Crippen LogP contribution in [0.15, 0.2) is 24.3 Å². The molecule has 6 nitrogen and oxygen atoms in total. The van der Waals surface area contributed by atoms with Crippen molar-refractivity contribution in [3.05, 3.63) is 35.6 Å². The van der Waals surface area contributed by atoms with E-state index in [4.69, 9.17) is 5.73 Å². The molecule has 0 aromatic heterocycles. The van der Waals surface area contributed by atoms with Crippen molar-refractivity contribution in [1.82, 2.24) is 15.5 Å². The third-order valence-electron chi connectivity index (χ3n) is 5.31. The third kappa shape index (κ3) is 5.64. The van der Waals surface area contributed by atoms with Crippen LogP contribution < -0.4 is 16.4 Å². The second-order valence-corrected chi connectivity index (χ2v) is 7.25. The normalized spacial score (nSPS) is 24.0. The lowest BCUT2D eigenvalue weighted by Crippen LogP contribution is -2.48. The molecule has 0 aliphatic carbocycles. The molecule has 150 valence electrons. The summed E-state index contributed by atoms with van der Waals surface area (Å²) in [7, 11) is 0. The van der Waals surface area contributed by atoms with Crippen LogP contribution in [0.5, 0.6) is 0 Å². The Kier molecular flexibility index (Phi) is 8.01. The number of carbonyl (C=O) groups is 2. The van der Waals surface area contributed by atoms with Gasteiger partial charge in [0.05, 0.1) is 6.04 Å². The van der Waals surface area contributed by atoms with Crippen molar-refractivity contribution in [1.29, 1.82) is 0 Å². The van der Waals surface area contributed by atoms with Crippen LogP contribution in [0, 0.1) is 11.7 Å². The zero-order valence-electron chi connectivity index (χ0n) is 15.3. The second kappa shape index (κ2) is 10.0. The summed E-state index contributed by atoms with van der Waals surface area (Å²) in [6.45, 7) is 2.94. The molecule has 2 fully saturated rings. The van der Waals surface area contributed by atoms with E-state index >= 15 is 0 Å². The van der Waals surface area contributed by atoms with Crippen molar-refractivity contribution < 1.29 is 14.0 Å². The van der Waals surface area contributed by atoms with Gasteiger partial charge in [-0.05, 0) is 62.4 Å². The molecule has 2 saturated heterocycles. The zero-order chi connectivity index (χ0) is 18.5. The standard InChI is InChI=1S/C19H27FN4O2.ClH/c20-15-7-5-14(6-8-15)17(18(21)25)24-10-2-3-13(12-24)11-23-19(26)16-4-1-9-22-16;/h5-8,13,16-17,22H,1-4,9-12H2,(H2,21,25)(H,23,26);1H. The Labute approximate surface area is 165 Å². The van der Waals surface area contributed by atoms with Crippen molar-refractivity contribution in [2.45, 2.75) is 37.8 Å². The molecule has 0 spiro atoms. The van der Waals surface area contributed by atoms with E-state index in [0.717, 1.165) is 38.8 Å². The van der Waals surface area contributed by atoms with Crippen molar-refractivity contribution in [3.8, 4) is 0 Å². The Morgan fingerprint density at radius 2 is 2.00 bits per heavy atom. The van der Waals surface area contributed by atoms with E-state index in [2.05, 4.69) is 10.6 Å². The van der Waals surface area contributed by atoms with E-state index in [0.29, 0.717) is 18.7 Å².